The predicted molar refractivity (Wildman–Crippen MR) is 150 cm³/mol. The Morgan fingerprint density at radius 2 is 1.82 bits per heavy atom. The number of hydrogen-bond acceptors (Lipinski definition) is 6. The molecule has 0 aliphatic carbocycles. The number of amides is 4. The maximum Gasteiger partial charge on any atom is 0.246 e. The molecule has 3 rings (SSSR count). The van der Waals surface area contributed by atoms with Gasteiger partial charge >= 0.3 is 0 Å². The third-order valence-electron chi connectivity index (χ3n) is 7.83. The number of nitrogens with zero attached hydrogens (tertiary/aromatic N) is 1. The quantitative estimate of drug-likeness (QED) is 0.255. The second-order valence-electron chi connectivity index (χ2n) is 10.8. The third kappa shape index (κ3) is 7.78. The highest BCUT2D eigenvalue weighted by molar-refractivity contribution is 5.99. The van der Waals surface area contributed by atoms with E-state index in [0.29, 0.717) is 38.6 Å². The van der Waals surface area contributed by atoms with E-state index in [-0.39, 0.29) is 31.0 Å². The van der Waals surface area contributed by atoms with Gasteiger partial charge in [-0.3, -0.25) is 24.0 Å². The van der Waals surface area contributed by atoms with Crippen LogP contribution in [0.1, 0.15) is 71.3 Å². The van der Waals surface area contributed by atoms with E-state index in [4.69, 9.17) is 0 Å². The first-order valence-electron chi connectivity index (χ1n) is 14.3. The van der Waals surface area contributed by atoms with Crippen LogP contribution in [0.25, 0.3) is 0 Å². The lowest BCUT2D eigenvalue weighted by Gasteiger charge is -2.35. The molecular formula is C30H42N4O6. The van der Waals surface area contributed by atoms with Crippen LogP contribution in [0.3, 0.4) is 0 Å². The molecule has 0 aromatic heterocycles. The minimum absolute atomic E-state index is 0.262. The van der Waals surface area contributed by atoms with Gasteiger partial charge in [-0.1, -0.05) is 50.3 Å². The van der Waals surface area contributed by atoms with Gasteiger partial charge < -0.3 is 26.0 Å². The summed E-state index contributed by atoms with van der Waals surface area (Å²) in [5, 5.41) is 18.2. The molecular weight excluding hydrogens is 512 g/mol. The van der Waals surface area contributed by atoms with E-state index in [2.05, 4.69) is 16.0 Å². The predicted octanol–water partition coefficient (Wildman–Crippen LogP) is 1.55. The van der Waals surface area contributed by atoms with E-state index in [1.807, 2.05) is 30.3 Å². The van der Waals surface area contributed by atoms with Gasteiger partial charge in [-0.05, 0) is 63.5 Å². The summed E-state index contributed by atoms with van der Waals surface area (Å²) in [6.45, 7) is 5.49. The maximum atomic E-state index is 13.7. The lowest BCUT2D eigenvalue weighted by molar-refractivity contribution is -0.144. The molecule has 2 aliphatic heterocycles. The highest BCUT2D eigenvalue weighted by atomic mass is 16.3. The van der Waals surface area contributed by atoms with Gasteiger partial charge in [-0.25, -0.2) is 0 Å². The van der Waals surface area contributed by atoms with Crippen molar-refractivity contribution in [3.8, 4) is 0 Å². The average molecular weight is 555 g/mol. The summed E-state index contributed by atoms with van der Waals surface area (Å²) in [6, 6.07) is 6.82. The Balaban J connectivity index is 1.82. The Kier molecular flexibility index (Phi) is 11.0. The van der Waals surface area contributed by atoms with Crippen LogP contribution in [0.15, 0.2) is 42.5 Å². The number of nitrogens with one attached hydrogen (secondary N) is 3. The van der Waals surface area contributed by atoms with Gasteiger partial charge in [-0.15, -0.1) is 0 Å². The normalized spacial score (nSPS) is 26.8. The number of allylic oxidation sites excluding steroid dienone is 1. The van der Waals surface area contributed by atoms with Gasteiger partial charge in [0.1, 0.15) is 29.8 Å². The lowest BCUT2D eigenvalue weighted by atomic mass is 9.94. The van der Waals surface area contributed by atoms with Crippen LogP contribution in [0.4, 0.5) is 0 Å². The summed E-state index contributed by atoms with van der Waals surface area (Å²) in [5.41, 5.74) is -0.433. The largest absolute Gasteiger partial charge is 0.385 e. The number of unbranched alkanes of at least 4 members (excludes halogenated alkanes) is 1. The molecule has 2 saturated heterocycles. The minimum Gasteiger partial charge on any atom is -0.385 e. The molecule has 2 aliphatic rings. The van der Waals surface area contributed by atoms with Crippen molar-refractivity contribution < 1.29 is 29.1 Å². The van der Waals surface area contributed by atoms with Crippen LogP contribution < -0.4 is 16.0 Å². The van der Waals surface area contributed by atoms with Gasteiger partial charge in [0.2, 0.25) is 23.6 Å². The van der Waals surface area contributed by atoms with Gasteiger partial charge in [0.15, 0.2) is 5.78 Å². The number of carbonyl (C=O) groups is 5. The number of carbonyl (C=O) groups excluding carboxylic acids is 5. The van der Waals surface area contributed by atoms with Crippen LogP contribution in [0, 0.1) is 0 Å². The summed E-state index contributed by atoms with van der Waals surface area (Å²) < 4.78 is 0. The molecule has 1 aromatic rings. The molecule has 2 fully saturated rings. The zero-order valence-electron chi connectivity index (χ0n) is 23.7. The van der Waals surface area contributed by atoms with Crippen molar-refractivity contribution in [2.24, 2.45) is 0 Å². The molecule has 4 N–H and O–H groups in total. The molecule has 10 heteroatoms. The molecule has 40 heavy (non-hydrogen) atoms. The molecule has 2 heterocycles. The Bertz CT molecular complexity index is 1110. The smallest absolute Gasteiger partial charge is 0.246 e. The monoisotopic (exact) mass is 554 g/mol. The standard InChI is InChI=1S/C30H42N4O6/c1-4-24(35)25(36)17-11-7-10-15-21-26(37)33-30(3,5-2)29(40)32-22(19-20-13-8-6-9-14-20)28(39)34-18-12-16-23(34)27(38)31-21/h6,8-9,11,13-14,17,21-24,35H,4-5,7,10,12,15-16,18-19H2,1-3H3,(H,31,38)(H,32,40)(H,33,37)/b17-11+/t21-,22+,23?,24+,30-/m0/s1. The number of ketones is 1. The van der Waals surface area contributed by atoms with E-state index < -0.39 is 47.5 Å². The third-order valence-corrected chi connectivity index (χ3v) is 7.83. The van der Waals surface area contributed by atoms with Crippen molar-refractivity contribution in [2.45, 2.75) is 102 Å². The molecule has 10 nitrogen and oxygen atoms in total. The minimum atomic E-state index is -1.30. The van der Waals surface area contributed by atoms with Crippen LogP contribution in [-0.4, -0.2) is 75.7 Å². The van der Waals surface area contributed by atoms with E-state index in [0.717, 1.165) is 5.56 Å². The van der Waals surface area contributed by atoms with Crippen LogP contribution >= 0.6 is 0 Å². The first-order chi connectivity index (χ1) is 19.1. The maximum absolute atomic E-state index is 13.7. The molecule has 0 bridgehead atoms. The molecule has 0 spiro atoms. The Labute approximate surface area is 236 Å². The van der Waals surface area contributed by atoms with Crippen LogP contribution in [0.2, 0.25) is 0 Å². The average Bonchev–Trinajstić information content (AvgIpc) is 3.45. The highest BCUT2D eigenvalue weighted by Gasteiger charge is 2.43. The van der Waals surface area contributed by atoms with Gasteiger partial charge in [0.25, 0.3) is 0 Å². The fourth-order valence-electron chi connectivity index (χ4n) is 5.02. The zero-order chi connectivity index (χ0) is 29.3. The van der Waals surface area contributed by atoms with E-state index in [9.17, 15) is 29.1 Å². The van der Waals surface area contributed by atoms with E-state index in [1.165, 1.54) is 11.0 Å². The van der Waals surface area contributed by atoms with Crippen LogP contribution in [0.5, 0.6) is 0 Å². The topological polar surface area (TPSA) is 145 Å². The Morgan fingerprint density at radius 3 is 2.50 bits per heavy atom. The van der Waals surface area contributed by atoms with E-state index >= 15 is 0 Å². The van der Waals surface area contributed by atoms with Crippen molar-refractivity contribution >= 4 is 29.4 Å². The number of aliphatic hydroxyl groups excluding tert-OH is 1. The highest BCUT2D eigenvalue weighted by Crippen LogP contribution is 2.22. The Morgan fingerprint density at radius 1 is 1.10 bits per heavy atom. The summed E-state index contributed by atoms with van der Waals surface area (Å²) in [7, 11) is 0. The number of fused-ring (bicyclic) bond motifs is 1. The number of aliphatic hydroxyl groups is 1. The number of rotatable bonds is 10. The molecule has 218 valence electrons. The first kappa shape index (κ1) is 31.0. The molecule has 5 atom stereocenters. The van der Waals surface area contributed by atoms with Crippen LogP contribution in [-0.2, 0) is 30.4 Å². The summed E-state index contributed by atoms with van der Waals surface area (Å²) >= 11 is 0. The molecule has 1 unspecified atom stereocenters. The molecule has 0 saturated carbocycles. The van der Waals surface area contributed by atoms with Crippen molar-refractivity contribution in [1.82, 2.24) is 20.9 Å². The molecule has 0 radical (unpaired) electrons. The summed E-state index contributed by atoms with van der Waals surface area (Å²) in [5.74, 6) is -2.03. The second-order valence-corrected chi connectivity index (χ2v) is 10.8. The second kappa shape index (κ2) is 14.2. The Hall–Kier alpha value is -3.53. The number of hydrogen-bond donors (Lipinski definition) is 4. The molecule has 4 amide bonds. The van der Waals surface area contributed by atoms with Gasteiger partial charge in [-0.2, -0.15) is 0 Å². The van der Waals surface area contributed by atoms with E-state index in [1.54, 1.807) is 26.8 Å². The van der Waals surface area contributed by atoms with Gasteiger partial charge in [0.05, 0.1) is 0 Å². The summed E-state index contributed by atoms with van der Waals surface area (Å²) in [6.07, 6.45) is 5.12. The molecule has 1 aromatic carbocycles. The van der Waals surface area contributed by atoms with Gasteiger partial charge in [0, 0.05) is 13.0 Å². The SMILES string of the molecule is CC[C@@H](O)C(=O)/C=C/CCC[C@@H]1NC(=O)C2CCCN2C(=O)[C@@H](Cc2ccccc2)NC(=O)[C@](C)(CC)NC1=O. The fraction of sp³-hybridized carbons (Fsp3) is 0.567. The summed E-state index contributed by atoms with van der Waals surface area (Å²) in [4.78, 5) is 67.5. The van der Waals surface area contributed by atoms with Crippen molar-refractivity contribution in [3.05, 3.63) is 48.0 Å². The lowest BCUT2D eigenvalue weighted by Crippen LogP contribution is -2.65. The fourth-order valence-corrected chi connectivity index (χ4v) is 5.02. The van der Waals surface area contributed by atoms with Crippen molar-refractivity contribution in [1.29, 1.82) is 0 Å². The van der Waals surface area contributed by atoms with Crippen molar-refractivity contribution in [3.63, 3.8) is 0 Å². The first-order valence-corrected chi connectivity index (χ1v) is 14.3. The zero-order valence-corrected chi connectivity index (χ0v) is 23.7. The van der Waals surface area contributed by atoms with Crippen molar-refractivity contribution in [2.75, 3.05) is 6.54 Å². The number of benzene rings is 1.